The Morgan fingerprint density at radius 2 is 0.639 bits per heavy atom. The van der Waals surface area contributed by atoms with Gasteiger partial charge < -0.3 is 12.2 Å². The molecule has 0 radical (unpaired) electrons. The maximum absolute atomic E-state index is 7.50. The van der Waals surface area contributed by atoms with E-state index in [9.17, 15) is 0 Å². The minimum atomic E-state index is 0. The van der Waals surface area contributed by atoms with Crippen LogP contribution in [0.25, 0.3) is 0 Å². The molecule has 0 atom stereocenters. The molecule has 0 aliphatic rings. The van der Waals surface area contributed by atoms with Crippen LogP contribution in [0.2, 0.25) is 0 Å². The molecule has 0 aromatic heterocycles. The normalized spacial score (nSPS) is 9.49. The first-order valence-corrected chi connectivity index (χ1v) is 28.7. The Hall–Kier alpha value is -2.58. The van der Waals surface area contributed by atoms with Gasteiger partial charge in [0.05, 0.1) is 7.36 Å². The van der Waals surface area contributed by atoms with E-state index >= 15 is 0 Å². The zero-order chi connectivity index (χ0) is 63.1. The van der Waals surface area contributed by atoms with Crippen molar-refractivity contribution < 1.29 is 112 Å². The SMILES string of the molecule is CC(C)(C)c1c[c-](C(C)(C)C)cc(C(C)(C)C)[c+]1P=S.CC(C)(C)c1c[c-](C(C)(C)C)cc(C(C)(C)C)c1=P[S-].Cc1ccccc1.[C-]#[O+].[C-]#[O+].[C-]#[O+].[C-]#[O+].[C-]#[O+].[C-]#[O+].[Mo+2].[Mo+2].[Mo].[Mo].c1cc[cH-]c1.c1cc[cH-]c1.c1cc[cH-]c1.c1cc[cH-]c1. The van der Waals surface area contributed by atoms with E-state index in [0.717, 1.165) is 14.8 Å². The molecule has 0 fully saturated rings. The summed E-state index contributed by atoms with van der Waals surface area (Å²) in [6.45, 7) is 70.2. The third-order valence-corrected chi connectivity index (χ3v) is 13.0. The molecule has 0 N–H and O–H groups in total. The van der Waals surface area contributed by atoms with Gasteiger partial charge in [-0.15, -0.1) is 21.6 Å². The molecule has 0 aliphatic carbocycles. The predicted octanol–water partition coefficient (Wildman–Crippen LogP) is 19.2. The van der Waals surface area contributed by atoms with E-state index in [4.69, 9.17) is 52.0 Å². The van der Waals surface area contributed by atoms with Crippen LogP contribution in [0.3, 0.4) is 0 Å². The van der Waals surface area contributed by atoms with Crippen molar-refractivity contribution in [1.29, 1.82) is 0 Å². The van der Waals surface area contributed by atoms with Crippen molar-refractivity contribution in [3.05, 3.63) is 260 Å². The molecular weight excluding hydrogens is 1430 g/mol. The van der Waals surface area contributed by atoms with Gasteiger partial charge >= 0.3 is 110 Å². The summed E-state index contributed by atoms with van der Waals surface area (Å²) in [5.41, 5.74) is 10.6. The molecular formula is C69H86Mo4O6P2S2-2. The molecule has 7 aromatic rings. The average molecular weight is 1520 g/mol. The summed E-state index contributed by atoms with van der Waals surface area (Å²) < 4.78 is 45.0. The number of benzene rings is 3. The van der Waals surface area contributed by atoms with Crippen LogP contribution in [0.5, 0.6) is 0 Å². The smallest absolute Gasteiger partial charge is 0.214 e. The molecule has 0 bridgehead atoms. The minimum absolute atomic E-state index is 0. The van der Waals surface area contributed by atoms with E-state index in [0.29, 0.717) is 0 Å². The van der Waals surface area contributed by atoms with E-state index in [1.54, 1.807) is 0 Å². The van der Waals surface area contributed by atoms with Crippen molar-refractivity contribution in [2.45, 2.75) is 164 Å². The first-order valence-electron chi connectivity index (χ1n) is 24.9. The average Bonchev–Trinajstić information content (AvgIpc) is 4.29. The molecule has 446 valence electrons. The van der Waals surface area contributed by atoms with Crippen molar-refractivity contribution in [2.24, 2.45) is 0 Å². The summed E-state index contributed by atoms with van der Waals surface area (Å²) in [6.07, 6.45) is 0. The second-order valence-electron chi connectivity index (χ2n) is 23.0. The zero-order valence-corrected chi connectivity index (χ0v) is 63.5. The molecule has 0 saturated heterocycles. The Balaban J connectivity index is -0.0000000965. The van der Waals surface area contributed by atoms with Crippen molar-refractivity contribution in [3.8, 4) is 0 Å². The quantitative estimate of drug-likeness (QED) is 0.0535. The number of rotatable bonds is 1. The molecule has 0 unspecified atom stereocenters. The fourth-order valence-corrected chi connectivity index (χ4v) is 9.61. The molecule has 0 heterocycles. The predicted molar refractivity (Wildman–Crippen MR) is 335 cm³/mol. The van der Waals surface area contributed by atoms with Crippen molar-refractivity contribution in [3.63, 3.8) is 0 Å². The largest absolute Gasteiger partial charge is 2.00 e. The first-order chi connectivity index (χ1) is 37.0. The Morgan fingerprint density at radius 3 is 0.771 bits per heavy atom. The standard InChI is InChI=1S/2C18H29PS.C7H8.4C5H5.6CO.4Mo/c2*1-16(2,3)12-10-13(17(4,5)6)15(19-20)14(11-12)18(7,8)9;1-7-5-3-2-4-6-7;4*1-2-4-5-3-1;6*1-2;;;;/h2*10-11H,1-9H3;2-6H,1H3;4*1-5H;;;;;;;;;;/q;-2;;4*-1;;;;;;;;;2*+2. The van der Waals surface area contributed by atoms with Gasteiger partial charge in [0.25, 0.3) is 0 Å². The van der Waals surface area contributed by atoms with Crippen LogP contribution in [0, 0.1) is 51.8 Å². The first kappa shape index (κ1) is 102. The Kier molecular flexibility index (Phi) is 72.0. The van der Waals surface area contributed by atoms with Gasteiger partial charge in [0.15, 0.2) is 0 Å². The molecule has 0 aliphatic heterocycles. The minimum Gasteiger partial charge on any atom is -0.214 e. The van der Waals surface area contributed by atoms with E-state index in [-0.39, 0.29) is 117 Å². The summed E-state index contributed by atoms with van der Waals surface area (Å²) in [5, 5.41) is 1.34. The second kappa shape index (κ2) is 58.4. The Bertz CT molecular complexity index is 2400. The molecule has 83 heavy (non-hydrogen) atoms. The molecule has 7 aromatic carbocycles. The van der Waals surface area contributed by atoms with Crippen LogP contribution in [-0.2, 0) is 169 Å². The van der Waals surface area contributed by atoms with Crippen LogP contribution in [-0.4, -0.2) is 0 Å². The van der Waals surface area contributed by atoms with Gasteiger partial charge in [0.2, 0.25) is 0 Å². The maximum atomic E-state index is 7.50. The molecule has 0 spiro atoms. The van der Waals surface area contributed by atoms with E-state index in [1.807, 2.05) is 140 Å². The van der Waals surface area contributed by atoms with Gasteiger partial charge in [0.1, 0.15) is 0 Å². The van der Waals surface area contributed by atoms with E-state index in [1.165, 1.54) is 49.2 Å². The topological polar surface area (TPSA) is 119 Å². The van der Waals surface area contributed by atoms with Gasteiger partial charge in [0, 0.05) is 47.4 Å². The van der Waals surface area contributed by atoms with Crippen molar-refractivity contribution >= 4 is 44.1 Å². The Morgan fingerprint density at radius 1 is 0.410 bits per heavy atom. The second-order valence-corrected chi connectivity index (χ2v) is 25.4. The summed E-state index contributed by atoms with van der Waals surface area (Å²) >= 11 is 10.9. The molecule has 7 rings (SSSR count). The number of aryl methyl sites for hydroxylation is 1. The molecule has 0 saturated carbocycles. The summed E-state index contributed by atoms with van der Waals surface area (Å²) in [5.74, 6) is 0. The molecule has 14 heteroatoms. The van der Waals surface area contributed by atoms with Gasteiger partial charge in [-0.05, 0) is 51.7 Å². The van der Waals surface area contributed by atoms with Crippen molar-refractivity contribution in [2.75, 3.05) is 0 Å². The zero-order valence-electron chi connectivity index (χ0n) is 52.0. The van der Waals surface area contributed by atoms with Crippen LogP contribution in [0.4, 0.5) is 0 Å². The van der Waals surface area contributed by atoms with E-state index in [2.05, 4.69) is 208 Å². The van der Waals surface area contributed by atoms with Gasteiger partial charge in [-0.25, -0.2) is 48.5 Å². The number of hydrogen-bond donors (Lipinski definition) is 0. The van der Waals surface area contributed by atoms with E-state index < -0.39 is 0 Å². The maximum Gasteiger partial charge on any atom is 2.00 e. The van der Waals surface area contributed by atoms with Crippen LogP contribution in [0.1, 0.15) is 164 Å². The summed E-state index contributed by atoms with van der Waals surface area (Å²) in [4.78, 5) is 1.34. The fraction of sp³-hybridized carbons (Fsp3) is 0.362. The summed E-state index contributed by atoms with van der Waals surface area (Å²) in [7, 11) is 1.92. The van der Waals surface area contributed by atoms with Crippen molar-refractivity contribution in [1.82, 2.24) is 0 Å². The number of hydrogen-bond acceptors (Lipinski definition) is 2. The third-order valence-electron chi connectivity index (χ3n) is 10.5. The van der Waals surface area contributed by atoms with Crippen LogP contribution in [0.15, 0.2) is 176 Å². The Labute approximate surface area is 574 Å². The van der Waals surface area contributed by atoms with Crippen LogP contribution < -0.4 is 5.30 Å². The fourth-order valence-electron chi connectivity index (χ4n) is 6.44. The monoisotopic (exact) mass is 1530 g/mol. The molecule has 6 nitrogen and oxygen atoms in total. The summed E-state index contributed by atoms with van der Waals surface area (Å²) in [6, 6.07) is 59.8. The van der Waals surface area contributed by atoms with Gasteiger partial charge in [-0.3, -0.25) is 7.41 Å². The van der Waals surface area contributed by atoms with Crippen LogP contribution >= 0.6 is 14.8 Å². The van der Waals surface area contributed by atoms with Gasteiger partial charge in [-0.2, -0.15) is 84.9 Å². The molecule has 0 amide bonds. The van der Waals surface area contributed by atoms with Gasteiger partial charge in [-0.1, -0.05) is 189 Å². The third kappa shape index (κ3) is 50.2.